The molecule has 88 valence electrons. The summed E-state index contributed by atoms with van der Waals surface area (Å²) in [6, 6.07) is 10.6. The van der Waals surface area contributed by atoms with E-state index in [1.54, 1.807) is 0 Å². The highest BCUT2D eigenvalue weighted by Crippen LogP contribution is 2.27. The van der Waals surface area contributed by atoms with Gasteiger partial charge in [-0.2, -0.15) is 0 Å². The molecule has 0 amide bonds. The third-order valence-electron chi connectivity index (χ3n) is 3.53. The number of nitrogens with zero attached hydrogens (tertiary/aromatic N) is 2. The molecule has 3 aromatic heterocycles. The lowest BCUT2D eigenvalue weighted by molar-refractivity contribution is 1.17. The normalized spacial score (nSPS) is 11.9. The smallest absolute Gasteiger partial charge is 0.143 e. The molecular formula is C15H13N3. The minimum Gasteiger partial charge on any atom is -0.339 e. The number of benzene rings is 1. The topological polar surface area (TPSA) is 33.1 Å². The van der Waals surface area contributed by atoms with Crippen LogP contribution in [0.15, 0.2) is 36.5 Å². The standard InChI is InChI=1S/C15H13N3/c1-9-5-6-11-12(8-9)16-15-13(11)17-14-10(2)4-3-7-18(14)15/h3-8,16H,1-2H3. The molecule has 0 aliphatic rings. The Labute approximate surface area is 104 Å². The molecular weight excluding hydrogens is 222 g/mol. The molecule has 4 rings (SSSR count). The average Bonchev–Trinajstić information content (AvgIpc) is 2.86. The Hall–Kier alpha value is -2.29. The van der Waals surface area contributed by atoms with Gasteiger partial charge in [0, 0.05) is 17.1 Å². The quantitative estimate of drug-likeness (QED) is 0.496. The van der Waals surface area contributed by atoms with Crippen molar-refractivity contribution in [2.75, 3.05) is 0 Å². The second-order valence-corrected chi connectivity index (χ2v) is 4.87. The first-order valence-corrected chi connectivity index (χ1v) is 6.10. The molecule has 18 heavy (non-hydrogen) atoms. The van der Waals surface area contributed by atoms with E-state index >= 15 is 0 Å². The summed E-state index contributed by atoms with van der Waals surface area (Å²) in [6.07, 6.45) is 2.06. The molecule has 0 fully saturated rings. The SMILES string of the molecule is Cc1ccc2c(c1)[nH]c1c2nc2c(C)cccn21. The maximum Gasteiger partial charge on any atom is 0.143 e. The molecule has 1 N–H and O–H groups in total. The molecule has 3 nitrogen and oxygen atoms in total. The van der Waals surface area contributed by atoms with Gasteiger partial charge in [0.1, 0.15) is 16.8 Å². The van der Waals surface area contributed by atoms with Gasteiger partial charge in [0.2, 0.25) is 0 Å². The summed E-state index contributed by atoms with van der Waals surface area (Å²) >= 11 is 0. The highest BCUT2D eigenvalue weighted by Gasteiger charge is 2.11. The first-order chi connectivity index (χ1) is 8.74. The Balaban J connectivity index is 2.28. The molecule has 4 aromatic rings. The number of imidazole rings is 1. The Morgan fingerprint density at radius 3 is 2.94 bits per heavy atom. The fourth-order valence-corrected chi connectivity index (χ4v) is 2.61. The number of aromatic amines is 1. The van der Waals surface area contributed by atoms with Crippen molar-refractivity contribution in [3.8, 4) is 0 Å². The van der Waals surface area contributed by atoms with Gasteiger partial charge in [-0.3, -0.25) is 4.40 Å². The molecule has 3 heterocycles. The van der Waals surface area contributed by atoms with Crippen LogP contribution in [0.2, 0.25) is 0 Å². The second kappa shape index (κ2) is 3.13. The zero-order valence-corrected chi connectivity index (χ0v) is 10.4. The first kappa shape index (κ1) is 9.71. The van der Waals surface area contributed by atoms with Crippen molar-refractivity contribution in [1.82, 2.24) is 14.4 Å². The first-order valence-electron chi connectivity index (χ1n) is 6.10. The van der Waals surface area contributed by atoms with Gasteiger partial charge in [-0.25, -0.2) is 4.98 Å². The van der Waals surface area contributed by atoms with Crippen LogP contribution >= 0.6 is 0 Å². The average molecular weight is 235 g/mol. The van der Waals surface area contributed by atoms with Crippen LogP contribution in [0, 0.1) is 13.8 Å². The minimum absolute atomic E-state index is 1.03. The van der Waals surface area contributed by atoms with Crippen molar-refractivity contribution in [3.63, 3.8) is 0 Å². The highest BCUT2D eigenvalue weighted by molar-refractivity contribution is 6.05. The number of nitrogens with one attached hydrogen (secondary N) is 1. The molecule has 0 saturated heterocycles. The van der Waals surface area contributed by atoms with Crippen LogP contribution < -0.4 is 0 Å². The molecule has 0 aliphatic carbocycles. The van der Waals surface area contributed by atoms with Crippen molar-refractivity contribution in [2.24, 2.45) is 0 Å². The summed E-state index contributed by atoms with van der Waals surface area (Å²) < 4.78 is 2.12. The molecule has 1 aromatic carbocycles. The van der Waals surface area contributed by atoms with Crippen LogP contribution in [0.25, 0.3) is 27.7 Å². The van der Waals surface area contributed by atoms with Crippen LogP contribution in [0.4, 0.5) is 0 Å². The Bertz CT molecular complexity index is 896. The zero-order valence-electron chi connectivity index (χ0n) is 10.4. The number of fused-ring (bicyclic) bond motifs is 5. The third kappa shape index (κ3) is 1.11. The summed E-state index contributed by atoms with van der Waals surface area (Å²) in [5.74, 6) is 0. The van der Waals surface area contributed by atoms with Crippen molar-refractivity contribution >= 4 is 27.7 Å². The van der Waals surface area contributed by atoms with E-state index in [4.69, 9.17) is 4.98 Å². The van der Waals surface area contributed by atoms with Crippen molar-refractivity contribution < 1.29 is 0 Å². The van der Waals surface area contributed by atoms with Crippen molar-refractivity contribution in [2.45, 2.75) is 13.8 Å². The summed E-state index contributed by atoms with van der Waals surface area (Å²) in [4.78, 5) is 8.23. The number of H-pyrrole nitrogens is 1. The number of aromatic nitrogens is 3. The van der Waals surface area contributed by atoms with E-state index in [0.29, 0.717) is 0 Å². The van der Waals surface area contributed by atoms with E-state index in [1.165, 1.54) is 16.5 Å². The lowest BCUT2D eigenvalue weighted by atomic mass is 10.2. The number of hydrogen-bond donors (Lipinski definition) is 1. The van der Waals surface area contributed by atoms with Crippen molar-refractivity contribution in [3.05, 3.63) is 47.7 Å². The Morgan fingerprint density at radius 1 is 1.17 bits per heavy atom. The lowest BCUT2D eigenvalue weighted by Gasteiger charge is -1.97. The van der Waals surface area contributed by atoms with Crippen LogP contribution in [-0.2, 0) is 0 Å². The van der Waals surface area contributed by atoms with Gasteiger partial charge >= 0.3 is 0 Å². The minimum atomic E-state index is 1.03. The molecule has 0 bridgehead atoms. The van der Waals surface area contributed by atoms with E-state index in [2.05, 4.69) is 59.8 Å². The van der Waals surface area contributed by atoms with E-state index in [1.807, 2.05) is 0 Å². The number of aryl methyl sites for hydroxylation is 2. The zero-order chi connectivity index (χ0) is 12.3. The summed E-state index contributed by atoms with van der Waals surface area (Å²) in [5.41, 5.74) is 6.78. The van der Waals surface area contributed by atoms with Crippen molar-refractivity contribution in [1.29, 1.82) is 0 Å². The molecule has 3 heteroatoms. The number of rotatable bonds is 0. The molecule has 0 spiro atoms. The molecule has 0 saturated carbocycles. The third-order valence-corrected chi connectivity index (χ3v) is 3.53. The van der Waals surface area contributed by atoms with E-state index in [9.17, 15) is 0 Å². The van der Waals surface area contributed by atoms with Crippen LogP contribution in [0.5, 0.6) is 0 Å². The monoisotopic (exact) mass is 235 g/mol. The molecule has 0 aliphatic heterocycles. The van der Waals surface area contributed by atoms with Gasteiger partial charge in [0.05, 0.1) is 0 Å². The van der Waals surface area contributed by atoms with E-state index in [-0.39, 0.29) is 0 Å². The Kier molecular flexibility index (Phi) is 1.69. The van der Waals surface area contributed by atoms with Gasteiger partial charge in [0.15, 0.2) is 0 Å². The molecule has 0 atom stereocenters. The number of pyridine rings is 1. The largest absolute Gasteiger partial charge is 0.339 e. The fourth-order valence-electron chi connectivity index (χ4n) is 2.61. The van der Waals surface area contributed by atoms with Gasteiger partial charge in [-0.1, -0.05) is 18.2 Å². The second-order valence-electron chi connectivity index (χ2n) is 4.87. The van der Waals surface area contributed by atoms with Crippen LogP contribution in [-0.4, -0.2) is 14.4 Å². The van der Waals surface area contributed by atoms with Gasteiger partial charge < -0.3 is 4.98 Å². The van der Waals surface area contributed by atoms with E-state index in [0.717, 1.165) is 22.3 Å². The fraction of sp³-hybridized carbons (Fsp3) is 0.133. The van der Waals surface area contributed by atoms with E-state index < -0.39 is 0 Å². The lowest BCUT2D eigenvalue weighted by Crippen LogP contribution is -1.87. The predicted molar refractivity (Wildman–Crippen MR) is 74.0 cm³/mol. The van der Waals surface area contributed by atoms with Gasteiger partial charge in [0.25, 0.3) is 0 Å². The summed E-state index contributed by atoms with van der Waals surface area (Å²) in [7, 11) is 0. The molecule has 0 unspecified atom stereocenters. The van der Waals surface area contributed by atoms with Crippen LogP contribution in [0.3, 0.4) is 0 Å². The predicted octanol–water partition coefficient (Wildman–Crippen LogP) is 3.59. The van der Waals surface area contributed by atoms with Gasteiger partial charge in [-0.05, 0) is 37.1 Å². The summed E-state index contributed by atoms with van der Waals surface area (Å²) in [5, 5.41) is 1.19. The Morgan fingerprint density at radius 2 is 2.06 bits per heavy atom. The van der Waals surface area contributed by atoms with Gasteiger partial charge in [-0.15, -0.1) is 0 Å². The maximum absolute atomic E-state index is 4.76. The summed E-state index contributed by atoms with van der Waals surface area (Å²) in [6.45, 7) is 4.20. The molecule has 0 radical (unpaired) electrons. The maximum atomic E-state index is 4.76. The van der Waals surface area contributed by atoms with Crippen LogP contribution in [0.1, 0.15) is 11.1 Å². The number of hydrogen-bond acceptors (Lipinski definition) is 1. The highest BCUT2D eigenvalue weighted by atomic mass is 15.1.